The molecule has 11 heavy (non-hydrogen) atoms. The number of rotatable bonds is 1. The molecule has 0 aliphatic rings. The van der Waals surface area contributed by atoms with Crippen LogP contribution < -0.4 is 0 Å². The van der Waals surface area contributed by atoms with Crippen molar-refractivity contribution in [1.82, 2.24) is 9.55 Å². The molecular weight excluding hydrogens is 144 g/mol. The first-order valence-corrected chi connectivity index (χ1v) is 3.27. The highest BCUT2D eigenvalue weighted by molar-refractivity contribution is 5.86. The highest BCUT2D eigenvalue weighted by atomic mass is 16.3. The molecule has 60 valence electrons. The molecule has 0 fully saturated rings. The SMILES string of the molecule is CC(C)(O)C(=O)n1ccnc1. The van der Waals surface area contributed by atoms with Crippen LogP contribution in [-0.2, 0) is 0 Å². The maximum atomic E-state index is 11.2. The van der Waals surface area contributed by atoms with E-state index in [4.69, 9.17) is 0 Å². The van der Waals surface area contributed by atoms with Crippen LogP contribution in [0.1, 0.15) is 18.6 Å². The van der Waals surface area contributed by atoms with Crippen molar-refractivity contribution in [2.45, 2.75) is 19.4 Å². The second kappa shape index (κ2) is 2.47. The molecule has 4 nitrogen and oxygen atoms in total. The highest BCUT2D eigenvalue weighted by Crippen LogP contribution is 2.04. The third-order valence-electron chi connectivity index (χ3n) is 1.26. The van der Waals surface area contributed by atoms with E-state index < -0.39 is 5.60 Å². The largest absolute Gasteiger partial charge is 0.381 e. The molecule has 0 amide bonds. The van der Waals surface area contributed by atoms with Crippen molar-refractivity contribution in [2.75, 3.05) is 0 Å². The van der Waals surface area contributed by atoms with Crippen LogP contribution in [0.15, 0.2) is 18.7 Å². The van der Waals surface area contributed by atoms with Crippen molar-refractivity contribution in [2.24, 2.45) is 0 Å². The van der Waals surface area contributed by atoms with Gasteiger partial charge in [0.05, 0.1) is 0 Å². The van der Waals surface area contributed by atoms with Crippen LogP contribution in [0.2, 0.25) is 0 Å². The Balaban J connectivity index is 2.88. The van der Waals surface area contributed by atoms with Crippen LogP contribution in [-0.4, -0.2) is 26.2 Å². The number of aliphatic hydroxyl groups is 1. The Morgan fingerprint density at radius 1 is 1.64 bits per heavy atom. The van der Waals surface area contributed by atoms with Gasteiger partial charge in [-0.1, -0.05) is 0 Å². The Morgan fingerprint density at radius 3 is 2.64 bits per heavy atom. The Hall–Kier alpha value is -1.16. The van der Waals surface area contributed by atoms with E-state index in [1.807, 2.05) is 0 Å². The standard InChI is InChI=1S/C7H10N2O2/c1-7(2,11)6(10)9-4-3-8-5-9/h3-5,11H,1-2H3. The monoisotopic (exact) mass is 154 g/mol. The molecule has 0 aromatic carbocycles. The molecule has 0 aliphatic heterocycles. The van der Waals surface area contributed by atoms with E-state index in [1.54, 1.807) is 0 Å². The first-order chi connectivity index (χ1) is 5.02. The lowest BCUT2D eigenvalue weighted by molar-refractivity contribution is 0.0391. The molecule has 0 spiro atoms. The summed E-state index contributed by atoms with van der Waals surface area (Å²) in [5.41, 5.74) is -1.33. The second-order valence-electron chi connectivity index (χ2n) is 2.83. The van der Waals surface area contributed by atoms with Gasteiger partial charge in [-0.3, -0.25) is 9.36 Å². The fraction of sp³-hybridized carbons (Fsp3) is 0.429. The maximum absolute atomic E-state index is 11.2. The van der Waals surface area contributed by atoms with Crippen LogP contribution >= 0.6 is 0 Å². The first kappa shape index (κ1) is 7.94. The van der Waals surface area contributed by atoms with Gasteiger partial charge in [-0.15, -0.1) is 0 Å². The van der Waals surface area contributed by atoms with Gasteiger partial charge in [0.15, 0.2) is 0 Å². The molecule has 4 heteroatoms. The van der Waals surface area contributed by atoms with Gasteiger partial charge in [-0.05, 0) is 13.8 Å². The third-order valence-corrected chi connectivity index (χ3v) is 1.26. The average Bonchev–Trinajstić information content (AvgIpc) is 2.34. The molecule has 0 radical (unpaired) electrons. The number of aromatic nitrogens is 2. The average molecular weight is 154 g/mol. The van der Waals surface area contributed by atoms with E-state index in [-0.39, 0.29) is 5.91 Å². The molecule has 0 saturated heterocycles. The Labute approximate surface area is 64.5 Å². The Morgan fingerprint density at radius 2 is 2.27 bits per heavy atom. The number of nitrogens with zero attached hydrogens (tertiary/aromatic N) is 2. The van der Waals surface area contributed by atoms with Crippen molar-refractivity contribution in [3.8, 4) is 0 Å². The summed E-state index contributed by atoms with van der Waals surface area (Å²) < 4.78 is 1.25. The second-order valence-corrected chi connectivity index (χ2v) is 2.83. The lowest BCUT2D eigenvalue weighted by Crippen LogP contribution is -2.35. The molecular formula is C7H10N2O2. The summed E-state index contributed by atoms with van der Waals surface area (Å²) in [4.78, 5) is 14.9. The molecule has 0 bridgehead atoms. The van der Waals surface area contributed by atoms with Gasteiger partial charge < -0.3 is 5.11 Å². The van der Waals surface area contributed by atoms with Gasteiger partial charge in [0.25, 0.3) is 5.91 Å². The zero-order valence-electron chi connectivity index (χ0n) is 6.48. The zero-order chi connectivity index (χ0) is 8.48. The predicted molar refractivity (Wildman–Crippen MR) is 39.2 cm³/mol. The Kier molecular flexibility index (Phi) is 1.78. The quantitative estimate of drug-likeness (QED) is 0.632. The molecule has 0 unspecified atom stereocenters. The van der Waals surface area contributed by atoms with Crippen LogP contribution in [0.5, 0.6) is 0 Å². The molecule has 1 aromatic rings. The van der Waals surface area contributed by atoms with E-state index in [0.29, 0.717) is 0 Å². The van der Waals surface area contributed by atoms with Crippen molar-refractivity contribution >= 4 is 5.91 Å². The van der Waals surface area contributed by atoms with Gasteiger partial charge in [-0.2, -0.15) is 0 Å². The number of imidazole rings is 1. The lowest BCUT2D eigenvalue weighted by atomic mass is 10.1. The molecule has 1 N–H and O–H groups in total. The van der Waals surface area contributed by atoms with E-state index in [2.05, 4.69) is 4.98 Å². The first-order valence-electron chi connectivity index (χ1n) is 3.27. The van der Waals surface area contributed by atoms with E-state index >= 15 is 0 Å². The summed E-state index contributed by atoms with van der Waals surface area (Å²) in [5, 5.41) is 9.26. The van der Waals surface area contributed by atoms with Crippen molar-refractivity contribution in [3.05, 3.63) is 18.7 Å². The van der Waals surface area contributed by atoms with Crippen molar-refractivity contribution < 1.29 is 9.90 Å². The number of hydrogen-bond donors (Lipinski definition) is 1. The fourth-order valence-electron chi connectivity index (χ4n) is 0.695. The number of carbonyl (C=O) groups is 1. The zero-order valence-corrected chi connectivity index (χ0v) is 6.48. The smallest absolute Gasteiger partial charge is 0.263 e. The van der Waals surface area contributed by atoms with E-state index in [9.17, 15) is 9.90 Å². The highest BCUT2D eigenvalue weighted by Gasteiger charge is 2.24. The molecule has 0 atom stereocenters. The maximum Gasteiger partial charge on any atom is 0.263 e. The predicted octanol–water partition coefficient (Wildman–Crippen LogP) is 0.294. The summed E-state index contributed by atoms with van der Waals surface area (Å²) >= 11 is 0. The lowest BCUT2D eigenvalue weighted by Gasteiger charge is -2.14. The fourth-order valence-corrected chi connectivity index (χ4v) is 0.695. The van der Waals surface area contributed by atoms with Gasteiger partial charge >= 0.3 is 0 Å². The van der Waals surface area contributed by atoms with Crippen LogP contribution in [0.3, 0.4) is 0 Å². The van der Waals surface area contributed by atoms with Gasteiger partial charge in [0.1, 0.15) is 11.9 Å². The summed E-state index contributed by atoms with van der Waals surface area (Å²) in [5.74, 6) is -0.380. The van der Waals surface area contributed by atoms with Crippen molar-refractivity contribution in [1.29, 1.82) is 0 Å². The van der Waals surface area contributed by atoms with Crippen molar-refractivity contribution in [3.63, 3.8) is 0 Å². The van der Waals surface area contributed by atoms with Crippen LogP contribution in [0.4, 0.5) is 0 Å². The van der Waals surface area contributed by atoms with E-state index in [1.165, 1.54) is 37.1 Å². The summed E-state index contributed by atoms with van der Waals surface area (Å²) in [7, 11) is 0. The minimum atomic E-state index is -1.33. The number of carbonyl (C=O) groups excluding carboxylic acids is 1. The molecule has 1 heterocycles. The molecule has 1 aromatic heterocycles. The molecule has 1 rings (SSSR count). The molecule has 0 saturated carbocycles. The van der Waals surface area contributed by atoms with Crippen LogP contribution in [0.25, 0.3) is 0 Å². The topological polar surface area (TPSA) is 55.1 Å². The summed E-state index contributed by atoms with van der Waals surface area (Å²) in [6.07, 6.45) is 4.35. The summed E-state index contributed by atoms with van der Waals surface area (Å²) in [6, 6.07) is 0. The minimum absolute atomic E-state index is 0.380. The van der Waals surface area contributed by atoms with Gasteiger partial charge in [0.2, 0.25) is 0 Å². The number of hydrogen-bond acceptors (Lipinski definition) is 3. The summed E-state index contributed by atoms with van der Waals surface area (Å²) in [6.45, 7) is 2.88. The van der Waals surface area contributed by atoms with Crippen LogP contribution in [0, 0.1) is 0 Å². The van der Waals surface area contributed by atoms with Gasteiger partial charge in [0, 0.05) is 12.4 Å². The third kappa shape index (κ3) is 1.65. The molecule has 0 aliphatic carbocycles. The normalized spacial score (nSPS) is 11.5. The van der Waals surface area contributed by atoms with E-state index in [0.717, 1.165) is 0 Å². The Bertz CT molecular complexity index is 246. The minimum Gasteiger partial charge on any atom is -0.381 e. The van der Waals surface area contributed by atoms with Gasteiger partial charge in [-0.25, -0.2) is 4.98 Å².